The zero-order valence-electron chi connectivity index (χ0n) is 13.0. The van der Waals surface area contributed by atoms with E-state index in [0.29, 0.717) is 0 Å². The Bertz CT molecular complexity index is 896. The number of carboxylic acid groups (broad SMARTS) is 1. The third-order valence-electron chi connectivity index (χ3n) is 3.46. The molecule has 0 atom stereocenters. The van der Waals surface area contributed by atoms with Gasteiger partial charge in [-0.1, -0.05) is 36.9 Å². The van der Waals surface area contributed by atoms with E-state index < -0.39 is 29.6 Å². The number of nitrogens with zero attached hydrogens (tertiary/aromatic N) is 2. The summed E-state index contributed by atoms with van der Waals surface area (Å²) in [6, 6.07) is 8.88. The molecule has 8 nitrogen and oxygen atoms in total. The summed E-state index contributed by atoms with van der Waals surface area (Å²) in [5, 5.41) is 21.2. The van der Waals surface area contributed by atoms with Crippen LogP contribution in [0.1, 0.15) is 11.1 Å². The van der Waals surface area contributed by atoms with Crippen molar-refractivity contribution in [1.29, 1.82) is 0 Å². The molecule has 0 amide bonds. The molecule has 1 aromatic heterocycles. The monoisotopic (exact) mass is 331 g/mol. The first-order valence-corrected chi connectivity index (χ1v) is 7.04. The molecule has 0 spiro atoms. The van der Waals surface area contributed by atoms with Crippen LogP contribution in [0.4, 0.5) is 0 Å². The lowest BCUT2D eigenvalue weighted by molar-refractivity contribution is -0.135. The van der Waals surface area contributed by atoms with Crippen LogP contribution in [0.2, 0.25) is 0 Å². The number of hydrogen-bond donors (Lipinski definition) is 3. The lowest BCUT2D eigenvalue weighted by Crippen LogP contribution is -2.41. The average molecular weight is 331 g/mol. The Morgan fingerprint density at radius 2 is 1.88 bits per heavy atom. The van der Waals surface area contributed by atoms with Gasteiger partial charge in [0.15, 0.2) is 0 Å². The molecule has 0 aliphatic heterocycles. The van der Waals surface area contributed by atoms with E-state index in [2.05, 4.69) is 11.9 Å². The smallest absolute Gasteiger partial charge is 0.333 e. The van der Waals surface area contributed by atoms with Crippen molar-refractivity contribution in [3.63, 3.8) is 0 Å². The number of carbonyl (C=O) groups is 1. The number of nitrogens with one attached hydrogen (secondary N) is 1. The number of aromatic hydroxyl groups is 1. The van der Waals surface area contributed by atoms with Crippen LogP contribution in [0.5, 0.6) is 5.88 Å². The molecule has 1 heterocycles. The van der Waals surface area contributed by atoms with E-state index >= 15 is 0 Å². The summed E-state index contributed by atoms with van der Waals surface area (Å²) >= 11 is 0. The maximum atomic E-state index is 12.6. The average Bonchev–Trinajstić information content (AvgIpc) is 2.56. The molecular weight excluding hydrogens is 314 g/mol. The molecule has 8 heteroatoms. The largest absolute Gasteiger partial charge is 0.494 e. The summed E-state index contributed by atoms with van der Waals surface area (Å²) in [5.41, 5.74) is -1.01. The lowest BCUT2D eigenvalue weighted by Gasteiger charge is -2.15. The van der Waals surface area contributed by atoms with E-state index in [1.54, 1.807) is 24.3 Å². The second-order valence-corrected chi connectivity index (χ2v) is 5.14. The number of rotatable bonds is 6. The van der Waals surface area contributed by atoms with E-state index in [9.17, 15) is 19.5 Å². The minimum atomic E-state index is -1.15. The zero-order valence-corrected chi connectivity index (χ0v) is 13.0. The van der Waals surface area contributed by atoms with Gasteiger partial charge >= 0.3 is 11.7 Å². The van der Waals surface area contributed by atoms with Gasteiger partial charge in [0.25, 0.3) is 5.56 Å². The van der Waals surface area contributed by atoms with Crippen LogP contribution in [0, 0.1) is 0 Å². The molecule has 0 aliphatic carbocycles. The van der Waals surface area contributed by atoms with Crippen LogP contribution < -0.4 is 16.6 Å². The minimum absolute atomic E-state index is 0.0197. The molecule has 0 saturated carbocycles. The van der Waals surface area contributed by atoms with Crippen molar-refractivity contribution in [3.8, 4) is 5.88 Å². The van der Waals surface area contributed by atoms with Crippen molar-refractivity contribution in [2.24, 2.45) is 7.05 Å². The molecule has 0 fully saturated rings. The SMILES string of the molecule is C=C(NCC(=O)O)c1c(O)n(C)c(=O)n(Cc2ccccc2)c1=O. The molecule has 0 bridgehead atoms. The molecule has 0 radical (unpaired) electrons. The Labute approximate surface area is 136 Å². The van der Waals surface area contributed by atoms with Gasteiger partial charge in [0.05, 0.1) is 6.54 Å². The number of carboxylic acids is 1. The number of hydrogen-bond acceptors (Lipinski definition) is 5. The summed E-state index contributed by atoms with van der Waals surface area (Å²) in [4.78, 5) is 35.5. The molecule has 0 aliphatic rings. The highest BCUT2D eigenvalue weighted by Crippen LogP contribution is 2.16. The van der Waals surface area contributed by atoms with Crippen molar-refractivity contribution >= 4 is 11.7 Å². The first-order valence-electron chi connectivity index (χ1n) is 7.04. The van der Waals surface area contributed by atoms with Gasteiger partial charge < -0.3 is 15.5 Å². The first kappa shape index (κ1) is 17.1. The third kappa shape index (κ3) is 3.37. The van der Waals surface area contributed by atoms with Crippen molar-refractivity contribution in [2.75, 3.05) is 6.54 Å². The lowest BCUT2D eigenvalue weighted by atomic mass is 10.2. The van der Waals surface area contributed by atoms with Crippen molar-refractivity contribution < 1.29 is 15.0 Å². The molecule has 0 saturated heterocycles. The molecule has 3 N–H and O–H groups in total. The normalized spacial score (nSPS) is 10.4. The topological polar surface area (TPSA) is 114 Å². The van der Waals surface area contributed by atoms with Crippen LogP contribution in [-0.2, 0) is 18.4 Å². The summed E-state index contributed by atoms with van der Waals surface area (Å²) in [6.45, 7) is 3.12. The van der Waals surface area contributed by atoms with E-state index in [4.69, 9.17) is 5.11 Å². The van der Waals surface area contributed by atoms with E-state index in [0.717, 1.165) is 14.7 Å². The summed E-state index contributed by atoms with van der Waals surface area (Å²) in [5.74, 6) is -1.72. The quantitative estimate of drug-likeness (QED) is 0.684. The highest BCUT2D eigenvalue weighted by Gasteiger charge is 2.19. The number of benzene rings is 1. The van der Waals surface area contributed by atoms with Crippen LogP contribution in [0.25, 0.3) is 5.70 Å². The summed E-state index contributed by atoms with van der Waals surface area (Å²) in [6.07, 6.45) is 0. The van der Waals surface area contributed by atoms with Gasteiger partial charge in [0.1, 0.15) is 12.1 Å². The van der Waals surface area contributed by atoms with Gasteiger partial charge in [0, 0.05) is 12.7 Å². The number of aromatic nitrogens is 2. The van der Waals surface area contributed by atoms with Gasteiger partial charge in [-0.3, -0.25) is 18.7 Å². The van der Waals surface area contributed by atoms with Gasteiger partial charge in [-0.2, -0.15) is 0 Å². The Morgan fingerprint density at radius 3 is 2.46 bits per heavy atom. The van der Waals surface area contributed by atoms with Gasteiger partial charge in [-0.05, 0) is 5.56 Å². The predicted molar refractivity (Wildman–Crippen MR) is 87.8 cm³/mol. The van der Waals surface area contributed by atoms with Gasteiger partial charge in [-0.25, -0.2) is 4.79 Å². The van der Waals surface area contributed by atoms with E-state index in [1.165, 1.54) is 7.05 Å². The van der Waals surface area contributed by atoms with E-state index in [1.807, 2.05) is 6.07 Å². The van der Waals surface area contributed by atoms with Crippen LogP contribution in [0.15, 0.2) is 46.5 Å². The Morgan fingerprint density at radius 1 is 1.25 bits per heavy atom. The molecular formula is C16H17N3O5. The highest BCUT2D eigenvalue weighted by molar-refractivity contribution is 5.73. The zero-order chi connectivity index (χ0) is 17.9. The minimum Gasteiger partial charge on any atom is -0.494 e. The fraction of sp³-hybridized carbons (Fsp3) is 0.188. The van der Waals surface area contributed by atoms with Crippen molar-refractivity contribution in [2.45, 2.75) is 6.54 Å². The molecule has 24 heavy (non-hydrogen) atoms. The number of aliphatic carboxylic acids is 1. The molecule has 1 aromatic carbocycles. The second-order valence-electron chi connectivity index (χ2n) is 5.14. The molecule has 2 aromatic rings. The fourth-order valence-corrected chi connectivity index (χ4v) is 2.20. The third-order valence-corrected chi connectivity index (χ3v) is 3.46. The molecule has 0 unspecified atom stereocenters. The van der Waals surface area contributed by atoms with Crippen molar-refractivity contribution in [3.05, 3.63) is 68.9 Å². The Hall–Kier alpha value is -3.29. The van der Waals surface area contributed by atoms with Crippen LogP contribution in [-0.4, -0.2) is 31.9 Å². The highest BCUT2D eigenvalue weighted by atomic mass is 16.4. The molecule has 2 rings (SSSR count). The first-order chi connectivity index (χ1) is 11.3. The van der Waals surface area contributed by atoms with Crippen LogP contribution >= 0.6 is 0 Å². The second kappa shape index (κ2) is 6.86. The predicted octanol–water partition coefficient (Wildman–Crippen LogP) is -0.0542. The van der Waals surface area contributed by atoms with Gasteiger partial charge in [-0.15, -0.1) is 0 Å². The Balaban J connectivity index is 2.53. The molecule has 126 valence electrons. The van der Waals surface area contributed by atoms with Gasteiger partial charge in [0.2, 0.25) is 5.88 Å². The summed E-state index contributed by atoms with van der Waals surface area (Å²) in [7, 11) is 1.31. The van der Waals surface area contributed by atoms with Crippen molar-refractivity contribution in [1.82, 2.24) is 14.5 Å². The maximum absolute atomic E-state index is 12.6. The Kier molecular flexibility index (Phi) is 4.88. The van der Waals surface area contributed by atoms with Crippen LogP contribution in [0.3, 0.4) is 0 Å². The standard InChI is InChI=1S/C16H17N3O5/c1-10(17-8-12(20)21)13-14(22)18(2)16(24)19(15(13)23)9-11-6-4-3-5-7-11/h3-7,17,22H,1,8-9H2,2H3,(H,20,21). The fourth-order valence-electron chi connectivity index (χ4n) is 2.20. The van der Waals surface area contributed by atoms with E-state index in [-0.39, 0.29) is 17.8 Å². The maximum Gasteiger partial charge on any atom is 0.333 e. The summed E-state index contributed by atoms with van der Waals surface area (Å²) < 4.78 is 1.87.